The third-order valence-corrected chi connectivity index (χ3v) is 6.41. The lowest BCUT2D eigenvalue weighted by Gasteiger charge is -2.36. The fourth-order valence-corrected chi connectivity index (χ4v) is 4.52. The number of ether oxygens (including phenoxy) is 1. The van der Waals surface area contributed by atoms with Gasteiger partial charge in [0.2, 0.25) is 17.7 Å². The molecule has 2 aliphatic rings. The molecule has 2 saturated heterocycles. The summed E-state index contributed by atoms with van der Waals surface area (Å²) in [6.45, 7) is 6.78. The summed E-state index contributed by atoms with van der Waals surface area (Å²) in [7, 11) is 0. The van der Waals surface area contributed by atoms with E-state index < -0.39 is 0 Å². The van der Waals surface area contributed by atoms with Gasteiger partial charge in [-0.2, -0.15) is 0 Å². The molecular formula is C21H26ClN3O3. The van der Waals surface area contributed by atoms with Gasteiger partial charge in [0, 0.05) is 42.7 Å². The van der Waals surface area contributed by atoms with Gasteiger partial charge in [0.25, 0.3) is 0 Å². The Hall–Kier alpha value is -1.92. The average molecular weight is 404 g/mol. The normalized spacial score (nSPS) is 21.6. The minimum atomic E-state index is -0.0603. The second-order valence-corrected chi connectivity index (χ2v) is 8.61. The molecular weight excluding hydrogens is 378 g/mol. The first kappa shape index (κ1) is 19.4. The van der Waals surface area contributed by atoms with Gasteiger partial charge in [-0.3, -0.25) is 4.79 Å². The zero-order valence-electron chi connectivity index (χ0n) is 16.4. The summed E-state index contributed by atoms with van der Waals surface area (Å²) in [5.74, 6) is 1.62. The lowest BCUT2D eigenvalue weighted by molar-refractivity contribution is -0.130. The molecule has 1 atom stereocenters. The molecule has 1 unspecified atom stereocenters. The first-order chi connectivity index (χ1) is 13.5. The maximum Gasteiger partial charge on any atom is 0.227 e. The predicted molar refractivity (Wildman–Crippen MR) is 105 cm³/mol. The minimum Gasteiger partial charge on any atom is -0.425 e. The number of halogens is 1. The van der Waals surface area contributed by atoms with E-state index in [2.05, 4.69) is 10.2 Å². The fraction of sp³-hybridized carbons (Fsp3) is 0.571. The van der Waals surface area contributed by atoms with Crippen molar-refractivity contribution in [3.05, 3.63) is 46.6 Å². The van der Waals surface area contributed by atoms with Gasteiger partial charge >= 0.3 is 0 Å². The number of aromatic nitrogens is 2. The molecule has 3 heterocycles. The fourth-order valence-electron chi connectivity index (χ4n) is 4.32. The second kappa shape index (κ2) is 7.84. The van der Waals surface area contributed by atoms with Gasteiger partial charge in [0.1, 0.15) is 0 Å². The van der Waals surface area contributed by atoms with Crippen LogP contribution >= 0.6 is 11.6 Å². The van der Waals surface area contributed by atoms with Crippen molar-refractivity contribution in [2.24, 2.45) is 5.41 Å². The minimum absolute atomic E-state index is 0.0478. The van der Waals surface area contributed by atoms with Gasteiger partial charge in [-0.15, -0.1) is 10.2 Å². The van der Waals surface area contributed by atoms with Crippen LogP contribution in [0.4, 0.5) is 0 Å². The molecule has 0 saturated carbocycles. The maximum atomic E-state index is 13.1. The van der Waals surface area contributed by atoms with Crippen molar-refractivity contribution < 1.29 is 13.9 Å². The van der Waals surface area contributed by atoms with Crippen molar-refractivity contribution in [3.8, 4) is 0 Å². The number of carbonyl (C=O) groups excluding carboxylic acids is 1. The lowest BCUT2D eigenvalue weighted by atomic mass is 9.72. The quantitative estimate of drug-likeness (QED) is 0.776. The van der Waals surface area contributed by atoms with Gasteiger partial charge in [-0.05, 0) is 24.5 Å². The number of nitrogens with zero attached hydrogens (tertiary/aromatic N) is 3. The van der Waals surface area contributed by atoms with Crippen LogP contribution in [0.2, 0.25) is 5.02 Å². The molecule has 0 N–H and O–H groups in total. The van der Waals surface area contributed by atoms with Crippen LogP contribution in [0.5, 0.6) is 0 Å². The van der Waals surface area contributed by atoms with Crippen molar-refractivity contribution in [2.45, 2.75) is 44.9 Å². The number of benzene rings is 1. The summed E-state index contributed by atoms with van der Waals surface area (Å²) >= 11 is 6.25. The van der Waals surface area contributed by atoms with Gasteiger partial charge in [-0.25, -0.2) is 0 Å². The Morgan fingerprint density at radius 3 is 2.71 bits per heavy atom. The molecule has 150 valence electrons. The Labute approximate surface area is 170 Å². The highest BCUT2D eigenvalue weighted by Crippen LogP contribution is 2.49. The SMILES string of the molecule is CC(C)c1nnc(C2CN(C(=O)Cc3ccccc3Cl)CC23CCOCC3)o1. The summed E-state index contributed by atoms with van der Waals surface area (Å²) in [6.07, 6.45) is 2.10. The molecule has 1 aromatic heterocycles. The Morgan fingerprint density at radius 2 is 2.04 bits per heavy atom. The molecule has 1 spiro atoms. The summed E-state index contributed by atoms with van der Waals surface area (Å²) in [4.78, 5) is 15.0. The third-order valence-electron chi connectivity index (χ3n) is 6.04. The highest BCUT2D eigenvalue weighted by Gasteiger charge is 2.51. The van der Waals surface area contributed by atoms with E-state index in [-0.39, 0.29) is 23.2 Å². The molecule has 2 fully saturated rings. The Kier molecular flexibility index (Phi) is 5.43. The maximum absolute atomic E-state index is 13.1. The van der Waals surface area contributed by atoms with E-state index in [1.165, 1.54) is 0 Å². The number of hydrogen-bond donors (Lipinski definition) is 0. The van der Waals surface area contributed by atoms with Gasteiger partial charge in [-0.1, -0.05) is 43.6 Å². The zero-order valence-corrected chi connectivity index (χ0v) is 17.1. The topological polar surface area (TPSA) is 68.5 Å². The van der Waals surface area contributed by atoms with Crippen LogP contribution in [0.3, 0.4) is 0 Å². The van der Waals surface area contributed by atoms with Crippen molar-refractivity contribution >= 4 is 17.5 Å². The van der Waals surface area contributed by atoms with E-state index >= 15 is 0 Å². The molecule has 6 nitrogen and oxygen atoms in total. The van der Waals surface area contributed by atoms with Crippen LogP contribution in [0.15, 0.2) is 28.7 Å². The van der Waals surface area contributed by atoms with E-state index in [0.717, 1.165) is 18.4 Å². The molecule has 1 aromatic carbocycles. The van der Waals surface area contributed by atoms with Crippen LogP contribution in [-0.4, -0.2) is 47.3 Å². The molecule has 1 amide bonds. The molecule has 28 heavy (non-hydrogen) atoms. The number of amides is 1. The van der Waals surface area contributed by atoms with E-state index in [4.69, 9.17) is 20.8 Å². The van der Waals surface area contributed by atoms with Crippen molar-refractivity contribution in [3.63, 3.8) is 0 Å². The van der Waals surface area contributed by atoms with Gasteiger partial charge < -0.3 is 14.1 Å². The number of carbonyl (C=O) groups is 1. The van der Waals surface area contributed by atoms with Crippen molar-refractivity contribution in [1.82, 2.24) is 15.1 Å². The summed E-state index contributed by atoms with van der Waals surface area (Å²) < 4.78 is 11.6. The summed E-state index contributed by atoms with van der Waals surface area (Å²) in [5, 5.41) is 9.19. The third kappa shape index (κ3) is 3.67. The highest BCUT2D eigenvalue weighted by atomic mass is 35.5. The highest BCUT2D eigenvalue weighted by molar-refractivity contribution is 6.31. The van der Waals surface area contributed by atoms with E-state index in [0.29, 0.717) is 49.5 Å². The smallest absolute Gasteiger partial charge is 0.227 e. The summed E-state index contributed by atoms with van der Waals surface area (Å²) in [6, 6.07) is 7.52. The van der Waals surface area contributed by atoms with Gasteiger partial charge in [0.15, 0.2) is 0 Å². The van der Waals surface area contributed by atoms with Crippen LogP contribution in [-0.2, 0) is 16.0 Å². The average Bonchev–Trinajstić information content (AvgIpc) is 3.30. The predicted octanol–water partition coefficient (Wildman–Crippen LogP) is 3.81. The molecule has 4 rings (SSSR count). The number of hydrogen-bond acceptors (Lipinski definition) is 5. The van der Waals surface area contributed by atoms with Crippen LogP contribution in [0, 0.1) is 5.41 Å². The van der Waals surface area contributed by atoms with Crippen LogP contribution in [0.25, 0.3) is 0 Å². The molecule has 7 heteroatoms. The molecule has 0 radical (unpaired) electrons. The standard InChI is InChI=1S/C21H26ClN3O3/c1-14(2)19-23-24-20(28-19)16-12-25(13-21(16)7-9-27-10-8-21)18(26)11-15-5-3-4-6-17(15)22/h3-6,14,16H,7-13H2,1-2H3. The zero-order chi connectivity index (χ0) is 19.7. The lowest BCUT2D eigenvalue weighted by Crippen LogP contribution is -2.37. The van der Waals surface area contributed by atoms with Gasteiger partial charge in [0.05, 0.1) is 12.3 Å². The van der Waals surface area contributed by atoms with Crippen molar-refractivity contribution in [2.75, 3.05) is 26.3 Å². The van der Waals surface area contributed by atoms with E-state index in [1.54, 1.807) is 0 Å². The summed E-state index contributed by atoms with van der Waals surface area (Å²) in [5.41, 5.74) is 0.799. The number of likely N-dealkylation sites (tertiary alicyclic amines) is 1. The van der Waals surface area contributed by atoms with Crippen LogP contribution < -0.4 is 0 Å². The van der Waals surface area contributed by atoms with E-state index in [9.17, 15) is 4.79 Å². The molecule has 0 bridgehead atoms. The largest absolute Gasteiger partial charge is 0.425 e. The van der Waals surface area contributed by atoms with Crippen molar-refractivity contribution in [1.29, 1.82) is 0 Å². The second-order valence-electron chi connectivity index (χ2n) is 8.20. The van der Waals surface area contributed by atoms with E-state index in [1.807, 2.05) is 43.0 Å². The van der Waals surface area contributed by atoms with Crippen LogP contribution in [0.1, 0.15) is 55.9 Å². The Morgan fingerprint density at radius 1 is 1.29 bits per heavy atom. The Balaban J connectivity index is 1.57. The Bertz CT molecular complexity index is 845. The molecule has 2 aromatic rings. The molecule has 0 aliphatic carbocycles. The first-order valence-electron chi connectivity index (χ1n) is 9.91. The number of rotatable bonds is 4. The first-order valence-corrected chi connectivity index (χ1v) is 10.3. The monoisotopic (exact) mass is 403 g/mol. The molecule has 2 aliphatic heterocycles.